The highest BCUT2D eigenvalue weighted by atomic mass is 79.9. The summed E-state index contributed by atoms with van der Waals surface area (Å²) in [6.07, 6.45) is 0. The first kappa shape index (κ1) is 12.7. The number of halogens is 2. The van der Waals surface area contributed by atoms with Crippen LogP contribution in [0.4, 0.5) is 0 Å². The van der Waals surface area contributed by atoms with E-state index >= 15 is 0 Å². The van der Waals surface area contributed by atoms with Crippen molar-refractivity contribution in [3.05, 3.63) is 58.1 Å². The van der Waals surface area contributed by atoms with Gasteiger partial charge in [-0.1, -0.05) is 50.1 Å². The fraction of sp³-hybridized carbons (Fsp3) is 0.143. The average Bonchev–Trinajstić information content (AvgIpc) is 2.29. The molecule has 1 nitrogen and oxygen atoms in total. The quantitative estimate of drug-likeness (QED) is 0.665. The Morgan fingerprint density at radius 2 is 1.94 bits per heavy atom. The molecule has 0 fully saturated rings. The zero-order valence-electron chi connectivity index (χ0n) is 9.41. The predicted molar refractivity (Wildman–Crippen MR) is 78.0 cm³/mol. The molecule has 0 saturated heterocycles. The van der Waals surface area contributed by atoms with E-state index in [9.17, 15) is 0 Å². The molecule has 0 aliphatic carbocycles. The largest absolute Gasteiger partial charge is 0.457 e. The zero-order valence-corrected chi connectivity index (χ0v) is 12.6. The molecule has 3 heteroatoms. The second-order valence-corrected chi connectivity index (χ2v) is 5.28. The van der Waals surface area contributed by atoms with Crippen LogP contribution in [0.5, 0.6) is 11.5 Å². The van der Waals surface area contributed by atoms with E-state index in [1.165, 1.54) is 5.56 Å². The maximum atomic E-state index is 5.90. The van der Waals surface area contributed by atoms with Crippen LogP contribution in [0.15, 0.2) is 46.9 Å². The van der Waals surface area contributed by atoms with Gasteiger partial charge >= 0.3 is 0 Å². The summed E-state index contributed by atoms with van der Waals surface area (Å²) in [5.41, 5.74) is 2.33. The lowest BCUT2D eigenvalue weighted by Gasteiger charge is -2.10. The highest BCUT2D eigenvalue weighted by Crippen LogP contribution is 2.30. The Labute approximate surface area is 118 Å². The van der Waals surface area contributed by atoms with Gasteiger partial charge in [0.25, 0.3) is 0 Å². The summed E-state index contributed by atoms with van der Waals surface area (Å²) in [5, 5.41) is 0.779. The maximum Gasteiger partial charge on any atom is 0.132 e. The van der Waals surface area contributed by atoms with Gasteiger partial charge in [0.05, 0.1) is 0 Å². The van der Waals surface area contributed by atoms with Crippen LogP contribution in [0.25, 0.3) is 0 Å². The number of rotatable bonds is 3. The molecule has 0 unspecified atom stereocenters. The Bertz CT molecular complexity index is 523. The van der Waals surface area contributed by atoms with Gasteiger partial charge in [0.1, 0.15) is 11.5 Å². The normalized spacial score (nSPS) is 10.3. The minimum absolute atomic E-state index is 0.779. The van der Waals surface area contributed by atoms with E-state index in [-0.39, 0.29) is 0 Å². The van der Waals surface area contributed by atoms with E-state index in [1.54, 1.807) is 0 Å². The van der Waals surface area contributed by atoms with E-state index in [1.807, 2.05) is 36.4 Å². The first-order chi connectivity index (χ1) is 8.19. The highest BCUT2D eigenvalue weighted by molar-refractivity contribution is 9.10. The third-order valence-electron chi connectivity index (χ3n) is 2.39. The van der Waals surface area contributed by atoms with Gasteiger partial charge in [-0.25, -0.2) is 0 Å². The van der Waals surface area contributed by atoms with Crippen molar-refractivity contribution in [1.82, 2.24) is 0 Å². The predicted octanol–water partition coefficient (Wildman–Crippen LogP) is 5.44. The summed E-state index contributed by atoms with van der Waals surface area (Å²) in [7, 11) is 0. The molecule has 0 heterocycles. The van der Waals surface area contributed by atoms with Crippen molar-refractivity contribution in [2.75, 3.05) is 0 Å². The van der Waals surface area contributed by atoms with Gasteiger partial charge in [-0.3, -0.25) is 0 Å². The van der Waals surface area contributed by atoms with E-state index in [4.69, 9.17) is 4.74 Å². The van der Waals surface area contributed by atoms with Crippen molar-refractivity contribution in [3.8, 4) is 11.5 Å². The van der Waals surface area contributed by atoms with Crippen LogP contribution in [0.2, 0.25) is 0 Å². The molecule has 0 radical (unpaired) electrons. The molecule has 88 valence electrons. The van der Waals surface area contributed by atoms with E-state index in [2.05, 4.69) is 44.8 Å². The molecule has 0 spiro atoms. The van der Waals surface area contributed by atoms with Crippen molar-refractivity contribution >= 4 is 31.9 Å². The molecule has 0 amide bonds. The number of hydrogen-bond donors (Lipinski definition) is 0. The highest BCUT2D eigenvalue weighted by Gasteiger charge is 2.05. The fourth-order valence-electron chi connectivity index (χ4n) is 1.54. The van der Waals surface area contributed by atoms with Gasteiger partial charge in [-0.2, -0.15) is 0 Å². The van der Waals surface area contributed by atoms with Gasteiger partial charge in [-0.05, 0) is 36.8 Å². The molecule has 0 saturated carbocycles. The summed E-state index contributed by atoms with van der Waals surface area (Å²) >= 11 is 6.92. The standard InChI is InChI=1S/C14H12Br2O/c1-10-3-2-4-13(7-10)17-14-8-12(16)6-5-11(14)9-15/h2-8H,9H2,1H3. The molecule has 0 bridgehead atoms. The zero-order chi connectivity index (χ0) is 12.3. The van der Waals surface area contributed by atoms with Gasteiger partial charge in [0.2, 0.25) is 0 Å². The molecule has 0 aliphatic rings. The van der Waals surface area contributed by atoms with Crippen molar-refractivity contribution in [3.63, 3.8) is 0 Å². The van der Waals surface area contributed by atoms with Crippen LogP contribution in [-0.4, -0.2) is 0 Å². The van der Waals surface area contributed by atoms with Gasteiger partial charge < -0.3 is 4.74 Å². The Morgan fingerprint density at radius 3 is 2.65 bits per heavy atom. The van der Waals surface area contributed by atoms with Crippen LogP contribution >= 0.6 is 31.9 Å². The topological polar surface area (TPSA) is 9.23 Å². The molecule has 2 rings (SSSR count). The van der Waals surface area contributed by atoms with Crippen molar-refractivity contribution in [2.24, 2.45) is 0 Å². The molecule has 2 aromatic rings. The molecule has 0 atom stereocenters. The Kier molecular flexibility index (Phi) is 4.24. The fourth-order valence-corrected chi connectivity index (χ4v) is 2.34. The van der Waals surface area contributed by atoms with Crippen LogP contribution in [0.3, 0.4) is 0 Å². The molecule has 0 aliphatic heterocycles. The van der Waals surface area contributed by atoms with Gasteiger partial charge in [0.15, 0.2) is 0 Å². The molecule has 0 aromatic heterocycles. The van der Waals surface area contributed by atoms with Gasteiger partial charge in [0, 0.05) is 15.4 Å². The first-order valence-corrected chi connectivity index (χ1v) is 7.19. The number of aryl methyl sites for hydroxylation is 1. The summed E-state index contributed by atoms with van der Waals surface area (Å²) in [5.74, 6) is 1.74. The average molecular weight is 356 g/mol. The first-order valence-electron chi connectivity index (χ1n) is 5.28. The van der Waals surface area contributed by atoms with Crippen molar-refractivity contribution < 1.29 is 4.74 Å². The number of alkyl halides is 1. The maximum absolute atomic E-state index is 5.90. The summed E-state index contributed by atoms with van der Waals surface area (Å²) < 4.78 is 6.92. The molecule has 2 aromatic carbocycles. The number of ether oxygens (including phenoxy) is 1. The number of hydrogen-bond acceptors (Lipinski definition) is 1. The second-order valence-electron chi connectivity index (χ2n) is 3.80. The SMILES string of the molecule is Cc1cccc(Oc2cc(Br)ccc2CBr)c1. The smallest absolute Gasteiger partial charge is 0.132 e. The molecular weight excluding hydrogens is 344 g/mol. The van der Waals surface area contributed by atoms with Crippen LogP contribution in [0, 0.1) is 6.92 Å². The number of benzene rings is 2. The Balaban J connectivity index is 2.32. The van der Waals surface area contributed by atoms with Crippen molar-refractivity contribution in [1.29, 1.82) is 0 Å². The van der Waals surface area contributed by atoms with E-state index in [0.717, 1.165) is 26.9 Å². The molecule has 17 heavy (non-hydrogen) atoms. The van der Waals surface area contributed by atoms with E-state index in [0.29, 0.717) is 0 Å². The summed E-state index contributed by atoms with van der Waals surface area (Å²) in [4.78, 5) is 0. The van der Waals surface area contributed by atoms with Crippen LogP contribution in [0.1, 0.15) is 11.1 Å². The van der Waals surface area contributed by atoms with Crippen LogP contribution < -0.4 is 4.74 Å². The van der Waals surface area contributed by atoms with Crippen molar-refractivity contribution in [2.45, 2.75) is 12.3 Å². The summed E-state index contributed by atoms with van der Waals surface area (Å²) in [6.45, 7) is 2.05. The third kappa shape index (κ3) is 3.33. The van der Waals surface area contributed by atoms with E-state index < -0.39 is 0 Å². The molecule has 0 N–H and O–H groups in total. The minimum Gasteiger partial charge on any atom is -0.457 e. The lowest BCUT2D eigenvalue weighted by molar-refractivity contribution is 0.478. The summed E-state index contributed by atoms with van der Waals surface area (Å²) in [6, 6.07) is 14.1. The monoisotopic (exact) mass is 354 g/mol. The third-order valence-corrected chi connectivity index (χ3v) is 3.49. The minimum atomic E-state index is 0.779. The molecular formula is C14H12Br2O. The lowest BCUT2D eigenvalue weighted by atomic mass is 10.2. The lowest BCUT2D eigenvalue weighted by Crippen LogP contribution is -1.89. The van der Waals surface area contributed by atoms with Gasteiger partial charge in [-0.15, -0.1) is 0 Å². The Hall–Kier alpha value is -0.800. The Morgan fingerprint density at radius 1 is 1.12 bits per heavy atom. The second kappa shape index (κ2) is 5.69. The van der Waals surface area contributed by atoms with Crippen LogP contribution in [-0.2, 0) is 5.33 Å².